The summed E-state index contributed by atoms with van der Waals surface area (Å²) in [6.07, 6.45) is 0. The third kappa shape index (κ3) is 1.38. The van der Waals surface area contributed by atoms with Crippen molar-refractivity contribution in [1.82, 2.24) is 5.16 Å². The van der Waals surface area contributed by atoms with Crippen LogP contribution >= 0.6 is 0 Å². The van der Waals surface area contributed by atoms with E-state index in [2.05, 4.69) is 9.89 Å². The Kier molecular flexibility index (Phi) is 1.96. The highest BCUT2D eigenvalue weighted by Crippen LogP contribution is 2.17. The van der Waals surface area contributed by atoms with Gasteiger partial charge in [0.1, 0.15) is 12.3 Å². The summed E-state index contributed by atoms with van der Waals surface area (Å²) in [5.41, 5.74) is 1.30. The minimum atomic E-state index is 0.0977. The van der Waals surface area contributed by atoms with Crippen LogP contribution in [-0.4, -0.2) is 11.6 Å². The van der Waals surface area contributed by atoms with Gasteiger partial charge in [-0.15, -0.1) is 0 Å². The fourth-order valence-corrected chi connectivity index (χ4v) is 1.14. The van der Waals surface area contributed by atoms with Crippen LogP contribution in [0.2, 0.25) is 0 Å². The van der Waals surface area contributed by atoms with Crippen molar-refractivity contribution in [1.29, 1.82) is 0 Å². The molecule has 0 aliphatic rings. The van der Waals surface area contributed by atoms with Crippen molar-refractivity contribution in [3.8, 4) is 0 Å². The van der Waals surface area contributed by atoms with Crippen LogP contribution in [0.4, 0.5) is 0 Å². The highest BCUT2D eigenvalue weighted by Gasteiger charge is 2.06. The van der Waals surface area contributed by atoms with Crippen molar-refractivity contribution in [3.05, 3.63) is 30.0 Å². The largest absolute Gasteiger partial charge is 0.451 e. The first-order chi connectivity index (χ1) is 6.42. The maximum Gasteiger partial charge on any atom is 0.417 e. The molecule has 2 aromatic rings. The van der Waals surface area contributed by atoms with E-state index in [0.29, 0.717) is 11.3 Å². The summed E-state index contributed by atoms with van der Waals surface area (Å²) in [4.78, 5) is 9.83. The first kappa shape index (κ1) is 7.79. The minimum absolute atomic E-state index is 0.0977. The second-order valence-electron chi connectivity index (χ2n) is 2.50. The van der Waals surface area contributed by atoms with Crippen LogP contribution in [0.3, 0.4) is 0 Å². The van der Waals surface area contributed by atoms with Gasteiger partial charge in [-0.2, -0.15) is 0 Å². The number of nitrogens with zero attached hydrogens (tertiary/aromatic N) is 1. The first-order valence-electron chi connectivity index (χ1n) is 3.74. The topological polar surface area (TPSA) is 52.3 Å². The molecule has 1 heterocycles. The third-order valence-corrected chi connectivity index (χ3v) is 1.72. The molecule has 2 rings (SSSR count). The molecule has 0 unspecified atom stereocenters. The zero-order chi connectivity index (χ0) is 9.10. The van der Waals surface area contributed by atoms with E-state index in [4.69, 9.17) is 4.52 Å². The lowest BCUT2D eigenvalue weighted by Gasteiger charge is -1.91. The second kappa shape index (κ2) is 3.26. The summed E-state index contributed by atoms with van der Waals surface area (Å²) in [7, 11) is 0. The normalized spacial score (nSPS) is 10.2. The average molecular weight is 176 g/mol. The average Bonchev–Trinajstić information content (AvgIpc) is 2.58. The van der Waals surface area contributed by atoms with Crippen LogP contribution in [0.25, 0.3) is 11.0 Å². The quantitative estimate of drug-likeness (QED) is 0.709. The van der Waals surface area contributed by atoms with Gasteiger partial charge in [0.15, 0.2) is 5.58 Å². The fraction of sp³-hybridized carbons (Fsp3) is 0.111. The van der Waals surface area contributed by atoms with E-state index in [0.717, 1.165) is 5.39 Å². The van der Waals surface area contributed by atoms with Crippen LogP contribution in [0.15, 0.2) is 28.8 Å². The van der Waals surface area contributed by atoms with E-state index in [1.54, 1.807) is 6.07 Å². The third-order valence-electron chi connectivity index (χ3n) is 1.72. The van der Waals surface area contributed by atoms with Crippen molar-refractivity contribution in [3.63, 3.8) is 0 Å². The Bertz CT molecular complexity index is 421. The molecule has 0 saturated carbocycles. The zero-order valence-electron chi connectivity index (χ0n) is 6.69. The molecule has 0 spiro atoms. The lowest BCUT2D eigenvalue weighted by atomic mass is 10.2. The van der Waals surface area contributed by atoms with Gasteiger partial charge in [0.05, 0.1) is 0 Å². The number of para-hydroxylation sites is 1. The smallest absolute Gasteiger partial charge is 0.417 e. The van der Waals surface area contributed by atoms with Gasteiger partial charge in [0.2, 0.25) is 0 Å². The van der Waals surface area contributed by atoms with Crippen molar-refractivity contribution in [2.75, 3.05) is 0 Å². The van der Waals surface area contributed by atoms with E-state index in [9.17, 15) is 4.79 Å². The zero-order valence-corrected chi connectivity index (χ0v) is 6.69. The number of benzene rings is 1. The van der Waals surface area contributed by atoms with Gasteiger partial charge in [-0.05, 0) is 12.1 Å². The molecule has 0 bridgehead atoms. The lowest BCUT2D eigenvalue weighted by molar-refractivity contribution is 0.257. The molecule has 0 aliphatic heterocycles. The van der Waals surface area contributed by atoms with Crippen LogP contribution in [0, 0.1) is 0 Å². The summed E-state index contributed by atoms with van der Waals surface area (Å²) in [5.74, 6) is 0. The molecule has 0 saturated heterocycles. The molecule has 65 valence electrons. The molecule has 1 aromatic heterocycles. The molecule has 0 fully saturated rings. The molecular formula is C9H6NO3. The maximum atomic E-state index is 9.83. The highest BCUT2D eigenvalue weighted by molar-refractivity contribution is 5.79. The molecular weight excluding hydrogens is 170 g/mol. The van der Waals surface area contributed by atoms with E-state index in [1.165, 1.54) is 6.47 Å². The number of fused-ring (bicyclic) bond motifs is 1. The molecule has 0 N–H and O–H groups in total. The van der Waals surface area contributed by atoms with Gasteiger partial charge in [-0.1, -0.05) is 17.3 Å². The lowest BCUT2D eigenvalue weighted by Crippen LogP contribution is -1.89. The van der Waals surface area contributed by atoms with Crippen LogP contribution in [-0.2, 0) is 16.1 Å². The highest BCUT2D eigenvalue weighted by atomic mass is 16.5. The predicted molar refractivity (Wildman–Crippen MR) is 44.5 cm³/mol. The monoisotopic (exact) mass is 176 g/mol. The van der Waals surface area contributed by atoms with Gasteiger partial charge < -0.3 is 9.26 Å². The minimum Gasteiger partial charge on any atom is -0.451 e. The van der Waals surface area contributed by atoms with Crippen molar-refractivity contribution in [2.45, 2.75) is 6.61 Å². The summed E-state index contributed by atoms with van der Waals surface area (Å²) < 4.78 is 9.44. The standard InChI is InChI=1S/C9H6NO3/c11-6-12-5-8-7-3-1-2-4-9(7)13-10-8/h1-4H,5H2. The van der Waals surface area contributed by atoms with Crippen LogP contribution in [0.1, 0.15) is 5.69 Å². The number of rotatable bonds is 3. The fourth-order valence-electron chi connectivity index (χ4n) is 1.14. The van der Waals surface area contributed by atoms with Gasteiger partial charge >= 0.3 is 6.47 Å². The van der Waals surface area contributed by atoms with Crippen molar-refractivity contribution >= 4 is 17.4 Å². The summed E-state index contributed by atoms with van der Waals surface area (Å²) in [6.45, 7) is 1.44. The Morgan fingerprint density at radius 3 is 3.15 bits per heavy atom. The second-order valence-corrected chi connectivity index (χ2v) is 2.50. The Morgan fingerprint density at radius 2 is 2.31 bits per heavy atom. The number of aromatic nitrogens is 1. The SMILES string of the molecule is O=[C]OCc1noc2ccccc12. The van der Waals surface area contributed by atoms with E-state index < -0.39 is 0 Å². The molecule has 4 heteroatoms. The Hall–Kier alpha value is -1.84. The molecule has 4 nitrogen and oxygen atoms in total. The first-order valence-corrected chi connectivity index (χ1v) is 3.74. The van der Waals surface area contributed by atoms with E-state index in [1.807, 2.05) is 18.2 Å². The summed E-state index contributed by atoms with van der Waals surface area (Å²) in [6, 6.07) is 7.38. The molecule has 1 radical (unpaired) electrons. The Morgan fingerprint density at radius 1 is 1.46 bits per heavy atom. The molecule has 1 aromatic carbocycles. The van der Waals surface area contributed by atoms with Gasteiger partial charge in [0, 0.05) is 5.39 Å². The number of hydrogen-bond donors (Lipinski definition) is 0. The van der Waals surface area contributed by atoms with Gasteiger partial charge in [-0.3, -0.25) is 0 Å². The number of ether oxygens (including phenoxy) is 1. The predicted octanol–water partition coefficient (Wildman–Crippen LogP) is 1.41. The molecule has 13 heavy (non-hydrogen) atoms. The van der Waals surface area contributed by atoms with Gasteiger partial charge in [0.25, 0.3) is 0 Å². The van der Waals surface area contributed by atoms with Crippen LogP contribution in [0.5, 0.6) is 0 Å². The molecule has 0 amide bonds. The molecule has 0 aliphatic carbocycles. The number of carbonyl (C=O) groups excluding carboxylic acids is 1. The van der Waals surface area contributed by atoms with E-state index in [-0.39, 0.29) is 6.61 Å². The van der Waals surface area contributed by atoms with Crippen molar-refractivity contribution < 1.29 is 14.1 Å². The summed E-state index contributed by atoms with van der Waals surface area (Å²) in [5, 5.41) is 4.61. The van der Waals surface area contributed by atoms with Crippen LogP contribution < -0.4 is 0 Å². The maximum absolute atomic E-state index is 9.83. The number of hydrogen-bond acceptors (Lipinski definition) is 4. The van der Waals surface area contributed by atoms with E-state index >= 15 is 0 Å². The van der Waals surface area contributed by atoms with Crippen molar-refractivity contribution in [2.24, 2.45) is 0 Å². The Labute approximate surface area is 74.1 Å². The van der Waals surface area contributed by atoms with Gasteiger partial charge in [-0.25, -0.2) is 4.79 Å². The Balaban J connectivity index is 2.40. The molecule has 0 atom stereocenters. The summed E-state index contributed by atoms with van der Waals surface area (Å²) >= 11 is 0.